The average molecular weight is 266 g/mol. The van der Waals surface area contributed by atoms with E-state index in [4.69, 9.17) is 10.5 Å². The lowest BCUT2D eigenvalue weighted by atomic mass is 10.0. The van der Waals surface area contributed by atoms with Gasteiger partial charge in [0, 0.05) is 12.7 Å². The molecule has 0 saturated heterocycles. The first-order valence-electron chi connectivity index (χ1n) is 7.25. The van der Waals surface area contributed by atoms with Crippen molar-refractivity contribution < 1.29 is 9.53 Å². The van der Waals surface area contributed by atoms with Crippen LogP contribution in [0.25, 0.3) is 0 Å². The summed E-state index contributed by atoms with van der Waals surface area (Å²) >= 11 is 0. The van der Waals surface area contributed by atoms with E-state index < -0.39 is 0 Å². The largest absolute Gasteiger partial charge is 0.461 e. The van der Waals surface area contributed by atoms with Gasteiger partial charge in [-0.3, -0.25) is 0 Å². The molecule has 1 aromatic heterocycles. The molecule has 0 aromatic carbocycles. The van der Waals surface area contributed by atoms with Crippen LogP contribution in [-0.4, -0.2) is 17.1 Å². The van der Waals surface area contributed by atoms with E-state index in [1.807, 2.05) is 11.5 Å². The number of aryl methyl sites for hydroxylation is 1. The molecule has 1 aromatic rings. The fraction of sp³-hybridized carbons (Fsp3) is 0.667. The molecule has 1 unspecified atom stereocenters. The molecule has 0 spiro atoms. The van der Waals surface area contributed by atoms with E-state index in [-0.39, 0.29) is 5.97 Å². The van der Waals surface area contributed by atoms with Crippen molar-refractivity contribution >= 4 is 11.7 Å². The number of nitrogens with zero attached hydrogens (tertiary/aromatic N) is 1. The van der Waals surface area contributed by atoms with Crippen LogP contribution in [-0.2, 0) is 11.3 Å². The fourth-order valence-electron chi connectivity index (χ4n) is 2.13. The van der Waals surface area contributed by atoms with Gasteiger partial charge in [0.15, 0.2) is 0 Å². The maximum atomic E-state index is 12.0. The van der Waals surface area contributed by atoms with Gasteiger partial charge in [-0.05, 0) is 25.3 Å². The highest BCUT2D eigenvalue weighted by atomic mass is 16.5. The minimum Gasteiger partial charge on any atom is -0.461 e. The van der Waals surface area contributed by atoms with E-state index in [0.29, 0.717) is 30.5 Å². The van der Waals surface area contributed by atoms with Gasteiger partial charge in [-0.1, -0.05) is 33.1 Å². The highest BCUT2D eigenvalue weighted by Crippen LogP contribution is 2.16. The Bertz CT molecular complexity index is 399. The summed E-state index contributed by atoms with van der Waals surface area (Å²) in [5.74, 6) is 0.194. The van der Waals surface area contributed by atoms with Crippen LogP contribution >= 0.6 is 0 Å². The zero-order valence-corrected chi connectivity index (χ0v) is 12.3. The summed E-state index contributed by atoms with van der Waals surface area (Å²) in [6.45, 7) is 7.52. The Labute approximate surface area is 115 Å². The second kappa shape index (κ2) is 7.87. The van der Waals surface area contributed by atoms with Crippen molar-refractivity contribution in [3.63, 3.8) is 0 Å². The van der Waals surface area contributed by atoms with Gasteiger partial charge in [0.2, 0.25) is 0 Å². The second-order valence-corrected chi connectivity index (χ2v) is 4.96. The number of anilines is 1. The molecule has 0 saturated carbocycles. The molecule has 4 heteroatoms. The Balaban J connectivity index is 2.54. The van der Waals surface area contributed by atoms with Crippen molar-refractivity contribution in [3.8, 4) is 0 Å². The lowest BCUT2D eigenvalue weighted by molar-refractivity contribution is 0.0416. The lowest BCUT2D eigenvalue weighted by Gasteiger charge is -2.15. The monoisotopic (exact) mass is 266 g/mol. The number of hydrogen-bond donors (Lipinski definition) is 1. The third kappa shape index (κ3) is 4.62. The summed E-state index contributed by atoms with van der Waals surface area (Å²) in [5.41, 5.74) is 6.86. The molecular formula is C15H26N2O2. The molecule has 0 radical (unpaired) electrons. The zero-order chi connectivity index (χ0) is 14.3. The standard InChI is InChI=1S/C15H26N2O2/c1-4-7-8-12(5-2)11-19-15(18)14-9-13(16)10-17(14)6-3/h9-10,12H,4-8,11,16H2,1-3H3. The van der Waals surface area contributed by atoms with Gasteiger partial charge >= 0.3 is 5.97 Å². The van der Waals surface area contributed by atoms with Gasteiger partial charge in [0.25, 0.3) is 0 Å². The summed E-state index contributed by atoms with van der Waals surface area (Å²) in [5, 5.41) is 0. The first-order chi connectivity index (χ1) is 9.12. The number of aromatic nitrogens is 1. The molecule has 4 nitrogen and oxygen atoms in total. The molecule has 1 heterocycles. The molecule has 0 fully saturated rings. The molecule has 0 aliphatic carbocycles. The number of nitrogens with two attached hydrogens (primary N) is 1. The lowest BCUT2D eigenvalue weighted by Crippen LogP contribution is -2.16. The molecule has 19 heavy (non-hydrogen) atoms. The van der Waals surface area contributed by atoms with Crippen LogP contribution in [0.4, 0.5) is 5.69 Å². The van der Waals surface area contributed by atoms with Gasteiger partial charge < -0.3 is 15.0 Å². The predicted molar refractivity (Wildman–Crippen MR) is 78.1 cm³/mol. The maximum Gasteiger partial charge on any atom is 0.355 e. The summed E-state index contributed by atoms with van der Waals surface area (Å²) in [4.78, 5) is 12.0. The molecule has 0 aliphatic rings. The number of ether oxygens (including phenoxy) is 1. The van der Waals surface area contributed by atoms with Crippen molar-refractivity contribution in [2.24, 2.45) is 5.92 Å². The van der Waals surface area contributed by atoms with Gasteiger partial charge in [-0.25, -0.2) is 4.79 Å². The first kappa shape index (κ1) is 15.6. The number of esters is 1. The van der Waals surface area contributed by atoms with Crippen molar-refractivity contribution in [3.05, 3.63) is 18.0 Å². The van der Waals surface area contributed by atoms with E-state index in [2.05, 4.69) is 13.8 Å². The molecule has 1 atom stereocenters. The van der Waals surface area contributed by atoms with Gasteiger partial charge in [-0.2, -0.15) is 0 Å². The number of carbonyl (C=O) groups excluding carboxylic acids is 1. The Morgan fingerprint density at radius 3 is 2.74 bits per heavy atom. The molecule has 108 valence electrons. The van der Waals surface area contributed by atoms with E-state index in [9.17, 15) is 4.79 Å². The Morgan fingerprint density at radius 2 is 2.16 bits per heavy atom. The number of unbranched alkanes of at least 4 members (excludes halogenated alkanes) is 1. The van der Waals surface area contributed by atoms with Crippen molar-refractivity contribution in [2.45, 2.75) is 53.0 Å². The smallest absolute Gasteiger partial charge is 0.355 e. The quantitative estimate of drug-likeness (QED) is 0.733. The number of carbonyl (C=O) groups is 1. The van der Waals surface area contributed by atoms with Crippen molar-refractivity contribution in [1.29, 1.82) is 0 Å². The zero-order valence-electron chi connectivity index (χ0n) is 12.3. The molecule has 2 N–H and O–H groups in total. The average Bonchev–Trinajstić information content (AvgIpc) is 2.80. The SMILES string of the molecule is CCCCC(CC)COC(=O)c1cc(N)cn1CC. The summed E-state index contributed by atoms with van der Waals surface area (Å²) < 4.78 is 7.24. The third-order valence-electron chi connectivity index (χ3n) is 3.46. The van der Waals surface area contributed by atoms with Crippen LogP contribution in [0.2, 0.25) is 0 Å². The van der Waals surface area contributed by atoms with Crippen molar-refractivity contribution in [2.75, 3.05) is 12.3 Å². The van der Waals surface area contributed by atoms with E-state index in [1.165, 1.54) is 12.8 Å². The van der Waals surface area contributed by atoms with Crippen LogP contribution in [0, 0.1) is 5.92 Å². The fourth-order valence-corrected chi connectivity index (χ4v) is 2.13. The molecule has 0 amide bonds. The van der Waals surface area contributed by atoms with Crippen LogP contribution in [0.5, 0.6) is 0 Å². The Morgan fingerprint density at radius 1 is 1.42 bits per heavy atom. The summed E-state index contributed by atoms with van der Waals surface area (Å²) in [7, 11) is 0. The normalized spacial score (nSPS) is 12.4. The van der Waals surface area contributed by atoms with Gasteiger partial charge in [-0.15, -0.1) is 0 Å². The maximum absolute atomic E-state index is 12.0. The second-order valence-electron chi connectivity index (χ2n) is 4.96. The topological polar surface area (TPSA) is 57.2 Å². The minimum absolute atomic E-state index is 0.270. The van der Waals surface area contributed by atoms with Crippen LogP contribution in [0.1, 0.15) is 56.9 Å². The minimum atomic E-state index is -0.270. The van der Waals surface area contributed by atoms with Gasteiger partial charge in [0.1, 0.15) is 5.69 Å². The predicted octanol–water partition coefficient (Wildman–Crippen LogP) is 3.46. The molecule has 0 aliphatic heterocycles. The summed E-state index contributed by atoms with van der Waals surface area (Å²) in [6.07, 6.45) is 6.31. The highest BCUT2D eigenvalue weighted by Gasteiger charge is 2.15. The number of rotatable bonds is 8. The molecule has 0 bridgehead atoms. The summed E-state index contributed by atoms with van der Waals surface area (Å²) in [6, 6.07) is 1.68. The van der Waals surface area contributed by atoms with E-state index in [0.717, 1.165) is 12.8 Å². The molecular weight excluding hydrogens is 240 g/mol. The Kier molecular flexibility index (Phi) is 6.46. The van der Waals surface area contributed by atoms with E-state index >= 15 is 0 Å². The van der Waals surface area contributed by atoms with Crippen LogP contribution in [0.15, 0.2) is 12.3 Å². The Hall–Kier alpha value is -1.45. The van der Waals surface area contributed by atoms with Crippen LogP contribution in [0.3, 0.4) is 0 Å². The van der Waals surface area contributed by atoms with E-state index in [1.54, 1.807) is 12.3 Å². The van der Waals surface area contributed by atoms with Crippen LogP contribution < -0.4 is 5.73 Å². The third-order valence-corrected chi connectivity index (χ3v) is 3.46. The van der Waals surface area contributed by atoms with Crippen molar-refractivity contribution in [1.82, 2.24) is 4.57 Å². The number of hydrogen-bond acceptors (Lipinski definition) is 3. The van der Waals surface area contributed by atoms with Gasteiger partial charge in [0.05, 0.1) is 12.3 Å². The number of nitrogen functional groups attached to an aromatic ring is 1. The molecule has 1 rings (SSSR count). The first-order valence-corrected chi connectivity index (χ1v) is 7.25. The highest BCUT2D eigenvalue weighted by molar-refractivity contribution is 5.89.